The molecule has 0 aliphatic rings. The largest absolute Gasteiger partial charge is 0.491 e. The topological polar surface area (TPSA) is 84.9 Å². The SMILES string of the molecule is COCCOc1ccc(NC(=O)CN(C)S(=O)(=O)c2cccs2)cc1. The van der Waals surface area contributed by atoms with E-state index in [2.05, 4.69) is 5.32 Å². The van der Waals surface area contributed by atoms with E-state index in [1.54, 1.807) is 42.8 Å². The Bertz CT molecular complexity index is 773. The van der Waals surface area contributed by atoms with Gasteiger partial charge in [0.1, 0.15) is 16.6 Å². The van der Waals surface area contributed by atoms with Crippen LogP contribution < -0.4 is 10.1 Å². The Morgan fingerprint density at radius 2 is 1.92 bits per heavy atom. The predicted octanol–water partition coefficient (Wildman–Crippen LogP) is 2.03. The molecule has 0 saturated carbocycles. The van der Waals surface area contributed by atoms with E-state index in [4.69, 9.17) is 9.47 Å². The number of benzene rings is 1. The third-order valence-electron chi connectivity index (χ3n) is 3.22. The molecule has 0 unspecified atom stereocenters. The van der Waals surface area contributed by atoms with Crippen LogP contribution in [-0.4, -0.2) is 52.5 Å². The van der Waals surface area contributed by atoms with Crippen molar-refractivity contribution in [2.75, 3.05) is 39.2 Å². The van der Waals surface area contributed by atoms with E-state index in [9.17, 15) is 13.2 Å². The molecule has 1 N–H and O–H groups in total. The molecule has 2 rings (SSSR count). The molecule has 1 amide bonds. The number of methoxy groups -OCH3 is 1. The van der Waals surface area contributed by atoms with E-state index >= 15 is 0 Å². The van der Waals surface area contributed by atoms with Crippen molar-refractivity contribution >= 4 is 33.0 Å². The van der Waals surface area contributed by atoms with E-state index in [1.807, 2.05) is 0 Å². The van der Waals surface area contributed by atoms with Crippen LogP contribution >= 0.6 is 11.3 Å². The number of nitrogens with one attached hydrogen (secondary N) is 1. The summed E-state index contributed by atoms with van der Waals surface area (Å²) in [7, 11) is -0.672. The maximum atomic E-state index is 12.3. The molecule has 2 aromatic rings. The molecular formula is C16H20N2O5S2. The molecule has 0 aliphatic carbocycles. The van der Waals surface area contributed by atoms with Crippen molar-refractivity contribution in [3.63, 3.8) is 0 Å². The molecule has 25 heavy (non-hydrogen) atoms. The second-order valence-corrected chi connectivity index (χ2v) is 8.33. The van der Waals surface area contributed by atoms with Crippen LogP contribution in [0.1, 0.15) is 0 Å². The number of amides is 1. The molecular weight excluding hydrogens is 364 g/mol. The molecule has 0 radical (unpaired) electrons. The molecule has 0 aliphatic heterocycles. The summed E-state index contributed by atoms with van der Waals surface area (Å²) in [5.41, 5.74) is 0.561. The van der Waals surface area contributed by atoms with Gasteiger partial charge < -0.3 is 14.8 Å². The normalized spacial score (nSPS) is 11.5. The van der Waals surface area contributed by atoms with E-state index in [0.717, 1.165) is 15.6 Å². The summed E-state index contributed by atoms with van der Waals surface area (Å²) < 4.78 is 36.1. The number of thiophene rings is 1. The zero-order chi connectivity index (χ0) is 18.3. The van der Waals surface area contributed by atoms with Gasteiger partial charge in [-0.15, -0.1) is 11.3 Å². The minimum atomic E-state index is -3.64. The van der Waals surface area contributed by atoms with Crippen LogP contribution in [0.15, 0.2) is 46.0 Å². The highest BCUT2D eigenvalue weighted by Crippen LogP contribution is 2.20. The van der Waals surface area contributed by atoms with Crippen molar-refractivity contribution in [1.82, 2.24) is 4.31 Å². The van der Waals surface area contributed by atoms with Gasteiger partial charge in [-0.05, 0) is 35.7 Å². The third-order valence-corrected chi connectivity index (χ3v) is 6.40. The first-order valence-corrected chi connectivity index (χ1v) is 9.77. The minimum Gasteiger partial charge on any atom is -0.491 e. The first-order chi connectivity index (χ1) is 11.9. The molecule has 0 saturated heterocycles. The highest BCUT2D eigenvalue weighted by molar-refractivity contribution is 7.91. The van der Waals surface area contributed by atoms with Gasteiger partial charge in [0.25, 0.3) is 10.0 Å². The number of rotatable bonds is 9. The lowest BCUT2D eigenvalue weighted by atomic mass is 10.3. The number of anilines is 1. The van der Waals surface area contributed by atoms with Crippen LogP contribution in [0.3, 0.4) is 0 Å². The summed E-state index contributed by atoms with van der Waals surface area (Å²) in [4.78, 5) is 12.1. The van der Waals surface area contributed by atoms with Crippen LogP contribution in [0.4, 0.5) is 5.69 Å². The molecule has 0 fully saturated rings. The van der Waals surface area contributed by atoms with Gasteiger partial charge in [-0.2, -0.15) is 4.31 Å². The van der Waals surface area contributed by atoms with Gasteiger partial charge in [0.2, 0.25) is 5.91 Å². The Morgan fingerprint density at radius 3 is 2.52 bits per heavy atom. The lowest BCUT2D eigenvalue weighted by molar-refractivity contribution is -0.116. The predicted molar refractivity (Wildman–Crippen MR) is 96.6 cm³/mol. The van der Waals surface area contributed by atoms with Crippen LogP contribution in [0.5, 0.6) is 5.75 Å². The average molecular weight is 384 g/mol. The smallest absolute Gasteiger partial charge is 0.252 e. The number of ether oxygens (including phenoxy) is 2. The van der Waals surface area contributed by atoms with Crippen molar-refractivity contribution < 1.29 is 22.7 Å². The molecule has 1 heterocycles. The first-order valence-electron chi connectivity index (χ1n) is 7.45. The fourth-order valence-electron chi connectivity index (χ4n) is 1.93. The molecule has 1 aromatic heterocycles. The molecule has 0 spiro atoms. The van der Waals surface area contributed by atoms with Crippen LogP contribution in [0.25, 0.3) is 0 Å². The Balaban J connectivity index is 1.89. The van der Waals surface area contributed by atoms with Crippen LogP contribution in [0, 0.1) is 0 Å². The van der Waals surface area contributed by atoms with Crippen LogP contribution in [-0.2, 0) is 19.6 Å². The van der Waals surface area contributed by atoms with E-state index in [0.29, 0.717) is 24.7 Å². The van der Waals surface area contributed by atoms with Crippen LogP contribution in [0.2, 0.25) is 0 Å². The molecule has 0 bridgehead atoms. The summed E-state index contributed by atoms with van der Waals surface area (Å²) in [6.07, 6.45) is 0. The zero-order valence-corrected chi connectivity index (χ0v) is 15.6. The van der Waals surface area contributed by atoms with Gasteiger partial charge in [0.05, 0.1) is 13.2 Å². The maximum Gasteiger partial charge on any atom is 0.252 e. The molecule has 136 valence electrons. The Hall–Kier alpha value is -1.94. The monoisotopic (exact) mass is 384 g/mol. The van der Waals surface area contributed by atoms with Gasteiger partial charge in [-0.25, -0.2) is 8.42 Å². The van der Waals surface area contributed by atoms with Crippen molar-refractivity contribution in [2.45, 2.75) is 4.21 Å². The number of hydrogen-bond donors (Lipinski definition) is 1. The van der Waals surface area contributed by atoms with E-state index in [-0.39, 0.29) is 10.8 Å². The fraction of sp³-hybridized carbons (Fsp3) is 0.312. The van der Waals surface area contributed by atoms with Crippen molar-refractivity contribution in [2.24, 2.45) is 0 Å². The summed E-state index contributed by atoms with van der Waals surface area (Å²) in [6, 6.07) is 9.98. The fourth-order valence-corrected chi connectivity index (χ4v) is 4.26. The number of carbonyl (C=O) groups excluding carboxylic acids is 1. The standard InChI is InChI=1S/C16H20N2O5S2/c1-18(25(20,21)16-4-3-11-24-16)12-15(19)17-13-5-7-14(8-6-13)23-10-9-22-2/h3-8,11H,9-10,12H2,1-2H3,(H,17,19). The first kappa shape index (κ1) is 19.4. The third kappa shape index (κ3) is 5.53. The van der Waals surface area contributed by atoms with Gasteiger partial charge in [0.15, 0.2) is 0 Å². The molecule has 9 heteroatoms. The van der Waals surface area contributed by atoms with Crippen molar-refractivity contribution in [1.29, 1.82) is 0 Å². The molecule has 7 nitrogen and oxygen atoms in total. The second-order valence-electron chi connectivity index (χ2n) is 5.11. The number of carbonyl (C=O) groups is 1. The molecule has 1 aromatic carbocycles. The number of hydrogen-bond acceptors (Lipinski definition) is 6. The summed E-state index contributed by atoms with van der Waals surface area (Å²) >= 11 is 1.11. The Kier molecular flexibility index (Phi) is 6.94. The summed E-state index contributed by atoms with van der Waals surface area (Å²) in [5.74, 6) is 0.239. The van der Waals surface area contributed by atoms with Crippen molar-refractivity contribution in [3.05, 3.63) is 41.8 Å². The van der Waals surface area contributed by atoms with Gasteiger partial charge >= 0.3 is 0 Å². The molecule has 0 atom stereocenters. The number of sulfonamides is 1. The second kappa shape index (κ2) is 8.95. The maximum absolute atomic E-state index is 12.3. The summed E-state index contributed by atoms with van der Waals surface area (Å²) in [5, 5.41) is 4.34. The summed E-state index contributed by atoms with van der Waals surface area (Å²) in [6.45, 7) is 0.656. The highest BCUT2D eigenvalue weighted by Gasteiger charge is 2.23. The van der Waals surface area contributed by atoms with Gasteiger partial charge in [-0.1, -0.05) is 6.07 Å². The van der Waals surface area contributed by atoms with Gasteiger partial charge in [0, 0.05) is 19.8 Å². The lowest BCUT2D eigenvalue weighted by Gasteiger charge is -2.15. The van der Waals surface area contributed by atoms with E-state index in [1.165, 1.54) is 13.1 Å². The number of nitrogens with zero attached hydrogens (tertiary/aromatic N) is 1. The highest BCUT2D eigenvalue weighted by atomic mass is 32.2. The Labute approximate surface area is 151 Å². The zero-order valence-electron chi connectivity index (χ0n) is 14.0. The quantitative estimate of drug-likeness (QED) is 0.669. The van der Waals surface area contributed by atoms with Gasteiger partial charge in [-0.3, -0.25) is 4.79 Å². The minimum absolute atomic E-state index is 0.209. The lowest BCUT2D eigenvalue weighted by Crippen LogP contribution is -2.34. The van der Waals surface area contributed by atoms with E-state index < -0.39 is 15.9 Å². The average Bonchev–Trinajstić information content (AvgIpc) is 3.12. The van der Waals surface area contributed by atoms with Crippen molar-refractivity contribution in [3.8, 4) is 5.75 Å². The number of likely N-dealkylation sites (N-methyl/N-ethyl adjacent to an activating group) is 1. The Morgan fingerprint density at radius 1 is 1.20 bits per heavy atom.